The van der Waals surface area contributed by atoms with Crippen LogP contribution in [0.1, 0.15) is 45.6 Å². The third-order valence-electron chi connectivity index (χ3n) is 5.67. The van der Waals surface area contributed by atoms with Gasteiger partial charge in [-0.3, -0.25) is 9.59 Å². The van der Waals surface area contributed by atoms with Crippen LogP contribution in [0.15, 0.2) is 30.3 Å². The van der Waals surface area contributed by atoms with E-state index in [1.807, 2.05) is 36.6 Å². The van der Waals surface area contributed by atoms with Gasteiger partial charge in [0.15, 0.2) is 0 Å². The fraction of sp³-hybridized carbons (Fsp3) is 0.600. The second-order valence-corrected chi connectivity index (χ2v) is 10.7. The second-order valence-electron chi connectivity index (χ2n) is 9.67. The van der Waals surface area contributed by atoms with Crippen LogP contribution >= 0.6 is 11.8 Å². The number of amides is 3. The average Bonchev–Trinajstić information content (AvgIpc) is 2.80. The minimum Gasteiger partial charge on any atom is -0.480 e. The van der Waals surface area contributed by atoms with Gasteiger partial charge in [-0.2, -0.15) is 11.8 Å². The third-order valence-corrected chi connectivity index (χ3v) is 6.32. The molecule has 1 heterocycles. The van der Waals surface area contributed by atoms with Gasteiger partial charge in [0.05, 0.1) is 0 Å². The molecule has 0 aliphatic carbocycles. The highest BCUT2D eigenvalue weighted by Gasteiger charge is 2.33. The number of likely N-dealkylation sites (tertiary alicyclic amines) is 1. The van der Waals surface area contributed by atoms with Crippen molar-refractivity contribution >= 4 is 35.6 Å². The van der Waals surface area contributed by atoms with Crippen molar-refractivity contribution in [3.63, 3.8) is 0 Å². The maximum Gasteiger partial charge on any atom is 0.408 e. The second kappa shape index (κ2) is 13.4. The van der Waals surface area contributed by atoms with Crippen LogP contribution in [0.3, 0.4) is 0 Å². The third kappa shape index (κ3) is 9.79. The first kappa shape index (κ1) is 28.5. The molecule has 2 rings (SSSR count). The fourth-order valence-electron chi connectivity index (χ4n) is 3.86. The first-order chi connectivity index (χ1) is 16.5. The lowest BCUT2D eigenvalue weighted by atomic mass is 9.94. The van der Waals surface area contributed by atoms with E-state index in [0.29, 0.717) is 38.1 Å². The van der Waals surface area contributed by atoms with E-state index in [1.54, 1.807) is 37.4 Å². The predicted molar refractivity (Wildman–Crippen MR) is 135 cm³/mol. The SMILES string of the molecule is CSCCC(NC(=O)OC(C)(C)C)C(=O)N1CCC(C(=O)NC(Cc2ccccc2)C(=O)O)CC1. The largest absolute Gasteiger partial charge is 0.480 e. The number of alkyl carbamates (subject to hydrolysis) is 1. The van der Waals surface area contributed by atoms with Gasteiger partial charge in [-0.05, 0) is 57.6 Å². The summed E-state index contributed by atoms with van der Waals surface area (Å²) in [6.07, 6.45) is 2.82. The lowest BCUT2D eigenvalue weighted by molar-refractivity contribution is -0.143. The molecule has 0 aromatic heterocycles. The summed E-state index contributed by atoms with van der Waals surface area (Å²) in [6.45, 7) is 6.00. The van der Waals surface area contributed by atoms with E-state index < -0.39 is 29.7 Å². The summed E-state index contributed by atoms with van der Waals surface area (Å²) in [4.78, 5) is 51.5. The van der Waals surface area contributed by atoms with Crippen molar-refractivity contribution in [2.24, 2.45) is 5.92 Å². The van der Waals surface area contributed by atoms with Gasteiger partial charge in [0.1, 0.15) is 17.7 Å². The Morgan fingerprint density at radius 2 is 1.71 bits per heavy atom. The first-order valence-corrected chi connectivity index (χ1v) is 13.2. The minimum atomic E-state index is -1.08. The van der Waals surface area contributed by atoms with Crippen LogP contribution in [0.25, 0.3) is 0 Å². The van der Waals surface area contributed by atoms with Crippen LogP contribution < -0.4 is 10.6 Å². The molecule has 194 valence electrons. The number of piperidine rings is 1. The van der Waals surface area contributed by atoms with Crippen LogP contribution in [0.4, 0.5) is 4.79 Å². The Labute approximate surface area is 211 Å². The molecule has 3 N–H and O–H groups in total. The Morgan fingerprint density at radius 3 is 2.26 bits per heavy atom. The smallest absolute Gasteiger partial charge is 0.408 e. The summed E-state index contributed by atoms with van der Waals surface area (Å²) < 4.78 is 5.30. The number of aliphatic carboxylic acids is 1. The molecular weight excluding hydrogens is 470 g/mol. The molecule has 1 aliphatic rings. The van der Waals surface area contributed by atoms with E-state index in [1.165, 1.54) is 0 Å². The van der Waals surface area contributed by atoms with Crippen LogP contribution in [-0.2, 0) is 25.5 Å². The maximum atomic E-state index is 13.1. The Kier molecular flexibility index (Phi) is 10.9. The molecule has 0 saturated carbocycles. The number of hydrogen-bond acceptors (Lipinski definition) is 6. The summed E-state index contributed by atoms with van der Waals surface area (Å²) in [5.41, 5.74) is 0.159. The number of ether oxygens (including phenoxy) is 1. The Morgan fingerprint density at radius 1 is 1.09 bits per heavy atom. The summed E-state index contributed by atoms with van der Waals surface area (Å²) in [7, 11) is 0. The summed E-state index contributed by atoms with van der Waals surface area (Å²) >= 11 is 1.58. The number of nitrogens with zero attached hydrogens (tertiary/aromatic N) is 1. The summed E-state index contributed by atoms with van der Waals surface area (Å²) in [5.74, 6) is -1.27. The molecule has 0 radical (unpaired) electrons. The van der Waals surface area contributed by atoms with Gasteiger partial charge >= 0.3 is 12.1 Å². The predicted octanol–water partition coefficient (Wildman–Crippen LogP) is 2.68. The van der Waals surface area contributed by atoms with Crippen molar-refractivity contribution in [1.29, 1.82) is 0 Å². The molecule has 1 aromatic rings. The number of thioether (sulfide) groups is 1. The van der Waals surface area contributed by atoms with Gasteiger partial charge in [0.2, 0.25) is 11.8 Å². The zero-order valence-electron chi connectivity index (χ0n) is 20.9. The molecule has 1 fully saturated rings. The van der Waals surface area contributed by atoms with Crippen LogP contribution in [0.5, 0.6) is 0 Å². The van der Waals surface area contributed by atoms with E-state index in [-0.39, 0.29) is 24.2 Å². The highest BCUT2D eigenvalue weighted by Crippen LogP contribution is 2.20. The van der Waals surface area contributed by atoms with E-state index in [2.05, 4.69) is 10.6 Å². The molecule has 1 saturated heterocycles. The van der Waals surface area contributed by atoms with Crippen molar-refractivity contribution < 1.29 is 29.0 Å². The van der Waals surface area contributed by atoms with Gasteiger partial charge < -0.3 is 25.4 Å². The van der Waals surface area contributed by atoms with Gasteiger partial charge in [-0.25, -0.2) is 9.59 Å². The van der Waals surface area contributed by atoms with E-state index in [0.717, 1.165) is 5.56 Å². The zero-order chi connectivity index (χ0) is 26.0. The zero-order valence-corrected chi connectivity index (χ0v) is 21.7. The molecule has 10 heteroatoms. The fourth-order valence-corrected chi connectivity index (χ4v) is 4.34. The van der Waals surface area contributed by atoms with E-state index >= 15 is 0 Å². The molecular formula is C25H37N3O6S. The summed E-state index contributed by atoms with van der Waals surface area (Å²) in [5, 5.41) is 14.9. The van der Waals surface area contributed by atoms with Crippen molar-refractivity contribution in [2.45, 2.75) is 64.1 Å². The average molecular weight is 508 g/mol. The van der Waals surface area contributed by atoms with Crippen LogP contribution in [0, 0.1) is 5.92 Å². The highest BCUT2D eigenvalue weighted by molar-refractivity contribution is 7.98. The highest BCUT2D eigenvalue weighted by atomic mass is 32.2. The van der Waals surface area contributed by atoms with Crippen molar-refractivity contribution in [3.8, 4) is 0 Å². The molecule has 2 unspecified atom stereocenters. The van der Waals surface area contributed by atoms with Crippen molar-refractivity contribution in [2.75, 3.05) is 25.1 Å². The molecule has 2 atom stereocenters. The molecule has 9 nitrogen and oxygen atoms in total. The van der Waals surface area contributed by atoms with Gasteiger partial charge in [0, 0.05) is 25.4 Å². The lowest BCUT2D eigenvalue weighted by Gasteiger charge is -2.34. The van der Waals surface area contributed by atoms with Crippen LogP contribution in [-0.4, -0.2) is 76.7 Å². The Bertz CT molecular complexity index is 866. The van der Waals surface area contributed by atoms with Gasteiger partial charge in [0.25, 0.3) is 0 Å². The monoisotopic (exact) mass is 507 g/mol. The molecule has 0 bridgehead atoms. The van der Waals surface area contributed by atoms with Gasteiger partial charge in [-0.15, -0.1) is 0 Å². The molecule has 3 amide bonds. The maximum absolute atomic E-state index is 13.1. The summed E-state index contributed by atoms with van der Waals surface area (Å²) in [6, 6.07) is 7.43. The number of benzene rings is 1. The Hall–Kier alpha value is -2.75. The molecule has 1 aliphatic heterocycles. The quantitative estimate of drug-likeness (QED) is 0.445. The van der Waals surface area contributed by atoms with Gasteiger partial charge in [-0.1, -0.05) is 30.3 Å². The van der Waals surface area contributed by atoms with Crippen LogP contribution in [0.2, 0.25) is 0 Å². The number of hydrogen-bond donors (Lipinski definition) is 3. The number of carboxylic acid groups (broad SMARTS) is 1. The standard InChI is InChI=1S/C25H37N3O6S/c1-25(2,3)34-24(33)27-19(12-15-35-4)22(30)28-13-10-18(11-14-28)21(29)26-20(23(31)32)16-17-8-6-5-7-9-17/h5-9,18-20H,10-16H2,1-4H3,(H,26,29)(H,27,33)(H,31,32). The minimum absolute atomic E-state index is 0.198. The molecule has 1 aromatic carbocycles. The van der Waals surface area contributed by atoms with Crippen molar-refractivity contribution in [1.82, 2.24) is 15.5 Å². The number of carbonyl (C=O) groups is 4. The molecule has 35 heavy (non-hydrogen) atoms. The number of carbonyl (C=O) groups excluding carboxylic acids is 3. The topological polar surface area (TPSA) is 125 Å². The van der Waals surface area contributed by atoms with Crippen molar-refractivity contribution in [3.05, 3.63) is 35.9 Å². The number of nitrogens with one attached hydrogen (secondary N) is 2. The van der Waals surface area contributed by atoms with E-state index in [9.17, 15) is 24.3 Å². The molecule has 0 spiro atoms. The lowest BCUT2D eigenvalue weighted by Crippen LogP contribution is -2.53. The van der Waals surface area contributed by atoms with E-state index in [4.69, 9.17) is 4.74 Å². The first-order valence-electron chi connectivity index (χ1n) is 11.8. The number of carboxylic acids is 1. The number of rotatable bonds is 10. The Balaban J connectivity index is 1.92. The normalized spacial score (nSPS) is 16.2.